The maximum Gasteiger partial charge on any atom is 0.122 e. The first-order chi connectivity index (χ1) is 8.84. The first-order valence-corrected chi connectivity index (χ1v) is 7.27. The summed E-state index contributed by atoms with van der Waals surface area (Å²) in [4.78, 5) is 0. The van der Waals surface area contributed by atoms with Crippen LogP contribution >= 0.6 is 0 Å². The summed E-state index contributed by atoms with van der Waals surface area (Å²) in [7, 11) is 0. The van der Waals surface area contributed by atoms with Gasteiger partial charge in [-0.3, -0.25) is 0 Å². The van der Waals surface area contributed by atoms with Gasteiger partial charge in [0.2, 0.25) is 0 Å². The number of benzene rings is 1. The predicted octanol–water partition coefficient (Wildman–Crippen LogP) is 3.19. The summed E-state index contributed by atoms with van der Waals surface area (Å²) in [5, 5.41) is 3.66. The predicted molar refractivity (Wildman–Crippen MR) is 74.1 cm³/mol. The first-order valence-electron chi connectivity index (χ1n) is 7.27. The van der Waals surface area contributed by atoms with E-state index in [0.717, 1.165) is 30.7 Å². The number of ether oxygens (including phenoxy) is 1. The molecular formula is C16H23NO. The van der Waals surface area contributed by atoms with E-state index in [1.54, 1.807) is 0 Å². The second-order valence-electron chi connectivity index (χ2n) is 5.87. The summed E-state index contributed by atoms with van der Waals surface area (Å²) < 4.78 is 5.71. The second-order valence-corrected chi connectivity index (χ2v) is 5.87. The minimum atomic E-state index is 0.540. The molecule has 98 valence electrons. The average molecular weight is 245 g/mol. The van der Waals surface area contributed by atoms with Crippen molar-refractivity contribution in [3.63, 3.8) is 0 Å². The summed E-state index contributed by atoms with van der Waals surface area (Å²) in [5.74, 6) is 3.42. The molecular weight excluding hydrogens is 222 g/mol. The zero-order valence-electron chi connectivity index (χ0n) is 11.2. The second kappa shape index (κ2) is 5.31. The molecule has 1 aliphatic heterocycles. The lowest BCUT2D eigenvalue weighted by molar-refractivity contribution is 0.319. The molecule has 18 heavy (non-hydrogen) atoms. The van der Waals surface area contributed by atoms with Crippen LogP contribution < -0.4 is 10.1 Å². The van der Waals surface area contributed by atoms with Gasteiger partial charge >= 0.3 is 0 Å². The highest BCUT2D eigenvalue weighted by atomic mass is 16.5. The summed E-state index contributed by atoms with van der Waals surface area (Å²) in [6.07, 6.45) is 4.25. The van der Waals surface area contributed by atoms with E-state index in [9.17, 15) is 0 Å². The van der Waals surface area contributed by atoms with Gasteiger partial charge in [-0.15, -0.1) is 0 Å². The lowest BCUT2D eigenvalue weighted by atomic mass is 9.97. The summed E-state index contributed by atoms with van der Waals surface area (Å²) in [6.45, 7) is 5.47. The van der Waals surface area contributed by atoms with Crippen LogP contribution in [0.15, 0.2) is 24.3 Å². The topological polar surface area (TPSA) is 21.3 Å². The van der Waals surface area contributed by atoms with Crippen molar-refractivity contribution >= 4 is 0 Å². The number of para-hydroxylation sites is 1. The highest BCUT2D eigenvalue weighted by molar-refractivity contribution is 5.39. The van der Waals surface area contributed by atoms with Gasteiger partial charge in [0.1, 0.15) is 5.75 Å². The molecule has 1 aromatic carbocycles. The van der Waals surface area contributed by atoms with Gasteiger partial charge in [0.15, 0.2) is 0 Å². The van der Waals surface area contributed by atoms with Gasteiger partial charge in [-0.25, -0.2) is 0 Å². The SMILES string of the molecule is CC1CCCC1CNCC1COc2ccccc21. The Labute approximate surface area is 110 Å². The first kappa shape index (κ1) is 12.0. The number of fused-ring (bicyclic) bond motifs is 1. The zero-order valence-corrected chi connectivity index (χ0v) is 11.2. The normalized spacial score (nSPS) is 30.2. The van der Waals surface area contributed by atoms with Crippen LogP contribution in [0.2, 0.25) is 0 Å². The molecule has 0 amide bonds. The summed E-state index contributed by atoms with van der Waals surface area (Å²) in [5.41, 5.74) is 1.38. The molecule has 1 heterocycles. The monoisotopic (exact) mass is 245 g/mol. The molecule has 0 spiro atoms. The molecule has 1 aliphatic carbocycles. The quantitative estimate of drug-likeness (QED) is 0.879. The van der Waals surface area contributed by atoms with Crippen LogP contribution in [0.3, 0.4) is 0 Å². The Bertz CT molecular complexity index is 404. The zero-order chi connectivity index (χ0) is 12.4. The fourth-order valence-corrected chi connectivity index (χ4v) is 3.37. The highest BCUT2D eigenvalue weighted by Gasteiger charge is 2.25. The molecule has 3 rings (SSSR count). The maximum atomic E-state index is 5.71. The van der Waals surface area contributed by atoms with Gasteiger partial charge in [-0.1, -0.05) is 38.0 Å². The van der Waals surface area contributed by atoms with E-state index in [4.69, 9.17) is 4.74 Å². The Kier molecular flexibility index (Phi) is 3.55. The minimum absolute atomic E-state index is 0.540. The molecule has 0 aromatic heterocycles. The van der Waals surface area contributed by atoms with Gasteiger partial charge in [0, 0.05) is 18.0 Å². The molecule has 3 atom stereocenters. The van der Waals surface area contributed by atoms with Gasteiger partial charge in [-0.05, 0) is 30.9 Å². The molecule has 1 saturated carbocycles. The van der Waals surface area contributed by atoms with E-state index in [2.05, 4.69) is 36.5 Å². The molecule has 1 fully saturated rings. The van der Waals surface area contributed by atoms with E-state index in [1.807, 2.05) is 0 Å². The molecule has 0 radical (unpaired) electrons. The largest absolute Gasteiger partial charge is 0.493 e. The van der Waals surface area contributed by atoms with Gasteiger partial charge < -0.3 is 10.1 Å². The average Bonchev–Trinajstić information content (AvgIpc) is 2.97. The smallest absolute Gasteiger partial charge is 0.122 e. The van der Waals surface area contributed by atoms with Crippen molar-refractivity contribution < 1.29 is 4.74 Å². The van der Waals surface area contributed by atoms with E-state index in [1.165, 1.54) is 31.4 Å². The minimum Gasteiger partial charge on any atom is -0.493 e. The lowest BCUT2D eigenvalue weighted by Crippen LogP contribution is -2.29. The van der Waals surface area contributed by atoms with Crippen LogP contribution in [0, 0.1) is 11.8 Å². The van der Waals surface area contributed by atoms with Crippen LogP contribution in [0.1, 0.15) is 37.7 Å². The third-order valence-electron chi connectivity index (χ3n) is 4.64. The maximum absolute atomic E-state index is 5.71. The Hall–Kier alpha value is -1.02. The Morgan fingerprint density at radius 1 is 1.22 bits per heavy atom. The molecule has 2 nitrogen and oxygen atoms in total. The van der Waals surface area contributed by atoms with Crippen LogP contribution in [-0.2, 0) is 0 Å². The van der Waals surface area contributed by atoms with Crippen molar-refractivity contribution in [3.8, 4) is 5.75 Å². The van der Waals surface area contributed by atoms with Crippen molar-refractivity contribution in [2.75, 3.05) is 19.7 Å². The summed E-state index contributed by atoms with van der Waals surface area (Å²) in [6, 6.07) is 8.44. The van der Waals surface area contributed by atoms with Gasteiger partial charge in [-0.2, -0.15) is 0 Å². The molecule has 2 aliphatic rings. The molecule has 2 heteroatoms. The van der Waals surface area contributed by atoms with Crippen molar-refractivity contribution in [2.45, 2.75) is 32.1 Å². The summed E-state index contributed by atoms with van der Waals surface area (Å²) >= 11 is 0. The molecule has 1 aromatic rings. The lowest BCUT2D eigenvalue weighted by Gasteiger charge is -2.17. The molecule has 0 bridgehead atoms. The number of hydrogen-bond acceptors (Lipinski definition) is 2. The fourth-order valence-electron chi connectivity index (χ4n) is 3.37. The van der Waals surface area contributed by atoms with E-state index in [0.29, 0.717) is 5.92 Å². The Morgan fingerprint density at radius 3 is 2.94 bits per heavy atom. The van der Waals surface area contributed by atoms with Crippen LogP contribution in [0.25, 0.3) is 0 Å². The van der Waals surface area contributed by atoms with Crippen molar-refractivity contribution in [1.82, 2.24) is 5.32 Å². The Morgan fingerprint density at radius 2 is 2.11 bits per heavy atom. The van der Waals surface area contributed by atoms with Crippen LogP contribution in [-0.4, -0.2) is 19.7 Å². The van der Waals surface area contributed by atoms with Crippen molar-refractivity contribution in [2.24, 2.45) is 11.8 Å². The standard InChI is InChI=1S/C16H23NO/c1-12-5-4-6-13(12)9-17-10-14-11-18-16-8-3-2-7-15(14)16/h2-3,7-8,12-14,17H,4-6,9-11H2,1H3. The Balaban J connectivity index is 1.50. The number of nitrogens with one attached hydrogen (secondary N) is 1. The molecule has 3 unspecified atom stereocenters. The van der Waals surface area contributed by atoms with Crippen LogP contribution in [0.4, 0.5) is 0 Å². The van der Waals surface area contributed by atoms with E-state index >= 15 is 0 Å². The van der Waals surface area contributed by atoms with E-state index in [-0.39, 0.29) is 0 Å². The van der Waals surface area contributed by atoms with Crippen molar-refractivity contribution in [3.05, 3.63) is 29.8 Å². The highest BCUT2D eigenvalue weighted by Crippen LogP contribution is 2.33. The molecule has 1 N–H and O–H groups in total. The fraction of sp³-hybridized carbons (Fsp3) is 0.625. The van der Waals surface area contributed by atoms with Gasteiger partial charge in [0.25, 0.3) is 0 Å². The van der Waals surface area contributed by atoms with Crippen molar-refractivity contribution in [1.29, 1.82) is 0 Å². The molecule has 0 saturated heterocycles. The van der Waals surface area contributed by atoms with Gasteiger partial charge in [0.05, 0.1) is 6.61 Å². The van der Waals surface area contributed by atoms with Crippen LogP contribution in [0.5, 0.6) is 5.75 Å². The number of rotatable bonds is 4. The number of hydrogen-bond donors (Lipinski definition) is 1. The third-order valence-corrected chi connectivity index (χ3v) is 4.64. The van der Waals surface area contributed by atoms with E-state index < -0.39 is 0 Å². The third kappa shape index (κ3) is 2.39.